The summed E-state index contributed by atoms with van der Waals surface area (Å²) in [6, 6.07) is 29.3. The van der Waals surface area contributed by atoms with E-state index in [1.165, 1.54) is 4.70 Å². The smallest absolute Gasteiger partial charge is 0.153 e. The molecule has 0 aliphatic carbocycles. The lowest BCUT2D eigenvalue weighted by Gasteiger charge is -2.25. The minimum Gasteiger partial charge on any atom is -0.453 e. The van der Waals surface area contributed by atoms with Crippen LogP contribution in [-0.4, -0.2) is 14.5 Å². The maximum absolute atomic E-state index is 6.30. The minimum atomic E-state index is -0.130. The molecule has 1 aliphatic rings. The lowest BCUT2D eigenvalue weighted by molar-refractivity contribution is 0.467. The summed E-state index contributed by atoms with van der Waals surface area (Å²) in [5.74, 6) is 2.73. The zero-order valence-electron chi connectivity index (χ0n) is 19.7. The molecule has 170 valence electrons. The van der Waals surface area contributed by atoms with E-state index in [1.807, 2.05) is 18.2 Å². The van der Waals surface area contributed by atoms with Crippen LogP contribution in [-0.2, 0) is 5.41 Å². The Morgan fingerprint density at radius 2 is 1.49 bits per heavy atom. The largest absolute Gasteiger partial charge is 0.453 e. The van der Waals surface area contributed by atoms with Gasteiger partial charge in [0.2, 0.25) is 0 Å². The molecule has 0 atom stereocenters. The quantitative estimate of drug-likeness (QED) is 0.253. The van der Waals surface area contributed by atoms with E-state index in [2.05, 4.69) is 92.1 Å². The summed E-state index contributed by atoms with van der Waals surface area (Å²) in [6.45, 7) is 6.63. The number of imidazole rings is 1. The maximum Gasteiger partial charge on any atom is 0.153 e. The fourth-order valence-electron chi connectivity index (χ4n) is 4.84. The van der Waals surface area contributed by atoms with Crippen LogP contribution in [0.15, 0.2) is 84.9 Å². The van der Waals surface area contributed by atoms with Gasteiger partial charge in [-0.15, -0.1) is 11.3 Å². The fraction of sp³-hybridized carbons (Fsp3) is 0.133. The van der Waals surface area contributed by atoms with Gasteiger partial charge in [0.05, 0.1) is 15.9 Å². The molecule has 0 unspecified atom stereocenters. The van der Waals surface area contributed by atoms with E-state index >= 15 is 0 Å². The van der Waals surface area contributed by atoms with Gasteiger partial charge in [0.15, 0.2) is 11.5 Å². The van der Waals surface area contributed by atoms with Gasteiger partial charge in [0.25, 0.3) is 0 Å². The molecule has 2 aromatic heterocycles. The summed E-state index contributed by atoms with van der Waals surface area (Å²) in [6.07, 6.45) is 0. The van der Waals surface area contributed by atoms with Crippen LogP contribution in [0.4, 0.5) is 0 Å². The molecule has 0 spiro atoms. The fourth-order valence-corrected chi connectivity index (χ4v) is 5.81. The first-order valence-corrected chi connectivity index (χ1v) is 12.6. The van der Waals surface area contributed by atoms with Crippen molar-refractivity contribution in [2.24, 2.45) is 0 Å². The van der Waals surface area contributed by atoms with Crippen LogP contribution in [0.1, 0.15) is 26.6 Å². The van der Waals surface area contributed by atoms with Crippen LogP contribution >= 0.6 is 11.3 Å². The van der Waals surface area contributed by atoms with Gasteiger partial charge in [-0.1, -0.05) is 69.3 Å². The Morgan fingerprint density at radius 3 is 2.29 bits per heavy atom. The lowest BCUT2D eigenvalue weighted by atomic mass is 9.95. The topological polar surface area (TPSA) is 39.9 Å². The molecule has 0 saturated carbocycles. The third-order valence-electron chi connectivity index (χ3n) is 6.50. The van der Waals surface area contributed by atoms with Gasteiger partial charge in [0, 0.05) is 16.5 Å². The van der Waals surface area contributed by atoms with Gasteiger partial charge in [-0.2, -0.15) is 0 Å². The first-order valence-electron chi connectivity index (χ1n) is 11.8. The second-order valence-corrected chi connectivity index (χ2v) is 11.0. The zero-order chi connectivity index (χ0) is 23.7. The summed E-state index contributed by atoms with van der Waals surface area (Å²) in [5.41, 5.74) is 7.31. The first kappa shape index (κ1) is 20.4. The molecule has 1 aliphatic heterocycles. The lowest BCUT2D eigenvalue weighted by Crippen LogP contribution is -2.19. The number of benzene rings is 4. The monoisotopic (exact) mass is 473 g/mol. The SMILES string of the molecule is CC(C)(C)c1nc2c(-c3ccc(-c4nc5ccccc5s4)cc3)ccc3c2n1-c1ccccc1O3. The Balaban J connectivity index is 1.40. The summed E-state index contributed by atoms with van der Waals surface area (Å²) in [5, 5.41) is 1.04. The summed E-state index contributed by atoms with van der Waals surface area (Å²) in [4.78, 5) is 10.0. The molecule has 3 heterocycles. The van der Waals surface area contributed by atoms with E-state index in [0.29, 0.717) is 0 Å². The molecular weight excluding hydrogens is 450 g/mol. The van der Waals surface area contributed by atoms with Crippen LogP contribution < -0.4 is 4.74 Å². The van der Waals surface area contributed by atoms with E-state index < -0.39 is 0 Å². The van der Waals surface area contributed by atoms with Gasteiger partial charge >= 0.3 is 0 Å². The number of ether oxygens (including phenoxy) is 1. The molecule has 4 nitrogen and oxygen atoms in total. The molecule has 0 N–H and O–H groups in total. The number of thiazole rings is 1. The number of fused-ring (bicyclic) bond motifs is 3. The molecule has 6 aromatic rings. The molecule has 5 heteroatoms. The molecule has 0 amide bonds. The zero-order valence-corrected chi connectivity index (χ0v) is 20.6. The highest BCUT2D eigenvalue weighted by Crippen LogP contribution is 2.46. The second-order valence-electron chi connectivity index (χ2n) is 9.96. The highest BCUT2D eigenvalue weighted by atomic mass is 32.1. The third-order valence-corrected chi connectivity index (χ3v) is 7.59. The van der Waals surface area contributed by atoms with Crippen molar-refractivity contribution in [1.82, 2.24) is 14.5 Å². The molecule has 0 fully saturated rings. The third kappa shape index (κ3) is 3.12. The Morgan fingerprint density at radius 1 is 0.743 bits per heavy atom. The van der Waals surface area contributed by atoms with Crippen molar-refractivity contribution in [2.75, 3.05) is 0 Å². The van der Waals surface area contributed by atoms with Crippen molar-refractivity contribution >= 4 is 32.6 Å². The van der Waals surface area contributed by atoms with Crippen molar-refractivity contribution in [3.63, 3.8) is 0 Å². The standard InChI is InChI=1S/C30H23N3OS/c1-30(2,3)29-32-26-20(16-17-24-27(26)33(29)22-9-5-6-10-23(22)34-24)18-12-14-19(15-13-18)28-31-21-8-4-7-11-25(21)35-28/h4-17H,1-3H3. The summed E-state index contributed by atoms with van der Waals surface area (Å²) < 4.78 is 9.79. The van der Waals surface area contributed by atoms with Crippen LogP contribution in [0.5, 0.6) is 11.5 Å². The van der Waals surface area contributed by atoms with E-state index in [1.54, 1.807) is 11.3 Å². The van der Waals surface area contributed by atoms with Gasteiger partial charge < -0.3 is 4.74 Å². The van der Waals surface area contributed by atoms with Gasteiger partial charge in [-0.3, -0.25) is 4.57 Å². The minimum absolute atomic E-state index is 0.130. The molecule has 4 aromatic carbocycles. The number of nitrogens with zero attached hydrogens (tertiary/aromatic N) is 3. The van der Waals surface area contributed by atoms with Crippen molar-refractivity contribution < 1.29 is 4.74 Å². The van der Waals surface area contributed by atoms with Crippen LogP contribution in [0.2, 0.25) is 0 Å². The maximum atomic E-state index is 6.30. The van der Waals surface area contributed by atoms with Crippen molar-refractivity contribution in [3.05, 3.63) is 90.8 Å². The molecule has 35 heavy (non-hydrogen) atoms. The number of hydrogen-bond acceptors (Lipinski definition) is 4. The first-order chi connectivity index (χ1) is 17.0. The summed E-state index contributed by atoms with van der Waals surface area (Å²) in [7, 11) is 0. The van der Waals surface area contributed by atoms with Crippen molar-refractivity contribution in [2.45, 2.75) is 26.2 Å². The molecule has 0 radical (unpaired) electrons. The average molecular weight is 474 g/mol. The van der Waals surface area contributed by atoms with Crippen LogP contribution in [0.25, 0.3) is 48.6 Å². The second kappa shape index (κ2) is 7.27. The highest BCUT2D eigenvalue weighted by molar-refractivity contribution is 7.21. The van der Waals surface area contributed by atoms with E-state index in [9.17, 15) is 0 Å². The Labute approximate surface area is 207 Å². The number of aromatic nitrogens is 3. The van der Waals surface area contributed by atoms with E-state index in [-0.39, 0.29) is 5.41 Å². The van der Waals surface area contributed by atoms with Crippen molar-refractivity contribution in [3.8, 4) is 38.9 Å². The molecule has 7 rings (SSSR count). The van der Waals surface area contributed by atoms with Gasteiger partial charge in [-0.25, -0.2) is 9.97 Å². The average Bonchev–Trinajstić information content (AvgIpc) is 3.48. The molecular formula is C30H23N3OS. The van der Waals surface area contributed by atoms with Gasteiger partial charge in [0.1, 0.15) is 21.9 Å². The highest BCUT2D eigenvalue weighted by Gasteiger charge is 2.31. The van der Waals surface area contributed by atoms with Gasteiger partial charge in [-0.05, 0) is 42.0 Å². The number of para-hydroxylation sites is 3. The number of hydrogen-bond donors (Lipinski definition) is 0. The van der Waals surface area contributed by atoms with Crippen LogP contribution in [0.3, 0.4) is 0 Å². The predicted octanol–water partition coefficient (Wildman–Crippen LogP) is 8.37. The molecule has 0 saturated heterocycles. The Bertz CT molecular complexity index is 1720. The Hall–Kier alpha value is -3.96. The van der Waals surface area contributed by atoms with Crippen molar-refractivity contribution in [1.29, 1.82) is 0 Å². The normalized spacial score (nSPS) is 12.7. The molecule has 0 bridgehead atoms. The van der Waals surface area contributed by atoms with E-state index in [4.69, 9.17) is 14.7 Å². The van der Waals surface area contributed by atoms with E-state index in [0.717, 1.165) is 61.3 Å². The predicted molar refractivity (Wildman–Crippen MR) is 144 cm³/mol. The van der Waals surface area contributed by atoms with Crippen LogP contribution in [0, 0.1) is 0 Å². The number of rotatable bonds is 2. The summed E-state index contributed by atoms with van der Waals surface area (Å²) >= 11 is 1.73. The Kier molecular flexibility index (Phi) is 4.24.